The summed E-state index contributed by atoms with van der Waals surface area (Å²) in [5.41, 5.74) is 1.13. The maximum Gasteiger partial charge on any atom is 0.348 e. The molecule has 2 aromatic carbocycles. The summed E-state index contributed by atoms with van der Waals surface area (Å²) in [6, 6.07) is 16.0. The van der Waals surface area contributed by atoms with Crippen molar-refractivity contribution in [2.75, 3.05) is 0 Å². The van der Waals surface area contributed by atoms with Crippen LogP contribution in [-0.4, -0.2) is 12.1 Å². The van der Waals surface area contributed by atoms with Gasteiger partial charge in [0.2, 0.25) is 0 Å². The van der Waals surface area contributed by atoms with Gasteiger partial charge in [-0.2, -0.15) is 5.26 Å². The molecule has 2 aromatic rings. The van der Waals surface area contributed by atoms with Crippen LogP contribution in [0.3, 0.4) is 0 Å². The molecule has 0 aliphatic rings. The molecule has 0 saturated heterocycles. The van der Waals surface area contributed by atoms with E-state index in [2.05, 4.69) is 0 Å². The van der Waals surface area contributed by atoms with Crippen LogP contribution in [0.2, 0.25) is 0 Å². The van der Waals surface area contributed by atoms with E-state index in [0.29, 0.717) is 6.42 Å². The van der Waals surface area contributed by atoms with Crippen LogP contribution >= 0.6 is 0 Å². The molecule has 3 heteroatoms. The second-order valence-electron chi connectivity index (χ2n) is 5.03. The van der Waals surface area contributed by atoms with Gasteiger partial charge >= 0.3 is 5.97 Å². The Hall–Kier alpha value is -2.60. The molecule has 0 spiro atoms. The van der Waals surface area contributed by atoms with Gasteiger partial charge < -0.3 is 4.74 Å². The van der Waals surface area contributed by atoms with Crippen molar-refractivity contribution in [1.29, 1.82) is 5.26 Å². The molecule has 106 valence electrons. The average molecular weight is 279 g/mol. The molecule has 0 fully saturated rings. The molecule has 0 aromatic heterocycles. The second-order valence-corrected chi connectivity index (χ2v) is 5.03. The van der Waals surface area contributed by atoms with Crippen molar-refractivity contribution >= 4 is 16.7 Å². The summed E-state index contributed by atoms with van der Waals surface area (Å²) in [7, 11) is 0. The molecule has 0 unspecified atom stereocenters. The third kappa shape index (κ3) is 3.70. The maximum atomic E-state index is 11.8. The lowest BCUT2D eigenvalue weighted by Gasteiger charge is -2.07. The first-order valence-corrected chi connectivity index (χ1v) is 6.89. The highest BCUT2D eigenvalue weighted by atomic mass is 16.5. The Balaban J connectivity index is 2.25. The number of esters is 1. The first-order valence-electron chi connectivity index (χ1n) is 6.89. The summed E-state index contributed by atoms with van der Waals surface area (Å²) in [4.78, 5) is 11.8. The molecular formula is C18H17NO2. The van der Waals surface area contributed by atoms with Gasteiger partial charge in [-0.3, -0.25) is 0 Å². The summed E-state index contributed by atoms with van der Waals surface area (Å²) in [6.45, 7) is 3.52. The lowest BCUT2D eigenvalue weighted by molar-refractivity contribution is -0.142. The topological polar surface area (TPSA) is 50.1 Å². The van der Waals surface area contributed by atoms with Crippen LogP contribution in [0.15, 0.2) is 54.1 Å². The molecule has 3 nitrogen and oxygen atoms in total. The van der Waals surface area contributed by atoms with E-state index in [1.807, 2.05) is 48.5 Å². The first-order chi connectivity index (χ1) is 10.1. The van der Waals surface area contributed by atoms with Crippen LogP contribution in [0.4, 0.5) is 0 Å². The minimum Gasteiger partial charge on any atom is -0.459 e. The molecule has 0 aliphatic carbocycles. The normalized spacial score (nSPS) is 11.4. The van der Waals surface area contributed by atoms with Gasteiger partial charge in [-0.05, 0) is 36.6 Å². The van der Waals surface area contributed by atoms with Crippen molar-refractivity contribution in [2.24, 2.45) is 0 Å². The molecule has 0 bridgehead atoms. The number of benzene rings is 2. The van der Waals surface area contributed by atoms with Crippen molar-refractivity contribution in [3.8, 4) is 6.07 Å². The number of nitrogens with zero attached hydrogens (tertiary/aromatic N) is 1. The first kappa shape index (κ1) is 14.8. The highest BCUT2D eigenvalue weighted by molar-refractivity contribution is 5.93. The summed E-state index contributed by atoms with van der Waals surface area (Å²) < 4.78 is 5.05. The zero-order valence-electron chi connectivity index (χ0n) is 12.2. The van der Waals surface area contributed by atoms with E-state index in [9.17, 15) is 4.79 Å². The summed E-state index contributed by atoms with van der Waals surface area (Å²) in [5, 5.41) is 11.4. The zero-order valence-corrected chi connectivity index (χ0v) is 12.2. The zero-order chi connectivity index (χ0) is 15.2. The molecule has 0 radical (unpaired) electrons. The SMILES string of the molecule is CC(C)OC(=O)C(C#N)=CCc1cccc2ccccc12. The van der Waals surface area contributed by atoms with Crippen molar-refractivity contribution in [1.82, 2.24) is 0 Å². The third-order valence-electron chi connectivity index (χ3n) is 3.09. The maximum absolute atomic E-state index is 11.8. The molecule has 0 aliphatic heterocycles. The summed E-state index contributed by atoms with van der Waals surface area (Å²) >= 11 is 0. The Morgan fingerprint density at radius 1 is 1.24 bits per heavy atom. The molecular weight excluding hydrogens is 262 g/mol. The number of carbonyl (C=O) groups excluding carboxylic acids is 1. The average Bonchev–Trinajstić information content (AvgIpc) is 2.47. The van der Waals surface area contributed by atoms with Gasteiger partial charge in [0.1, 0.15) is 11.6 Å². The van der Waals surface area contributed by atoms with Gasteiger partial charge in [-0.1, -0.05) is 48.5 Å². The van der Waals surface area contributed by atoms with Crippen LogP contribution in [-0.2, 0) is 16.0 Å². The van der Waals surface area contributed by atoms with Crippen LogP contribution in [0.5, 0.6) is 0 Å². The Bertz CT molecular complexity index is 718. The highest BCUT2D eigenvalue weighted by Crippen LogP contribution is 2.19. The number of nitriles is 1. The molecule has 21 heavy (non-hydrogen) atoms. The van der Waals surface area contributed by atoms with E-state index in [4.69, 9.17) is 10.00 Å². The van der Waals surface area contributed by atoms with Crippen LogP contribution in [0.1, 0.15) is 19.4 Å². The fraction of sp³-hybridized carbons (Fsp3) is 0.222. The predicted molar refractivity (Wildman–Crippen MR) is 82.6 cm³/mol. The van der Waals surface area contributed by atoms with Gasteiger partial charge in [-0.15, -0.1) is 0 Å². The van der Waals surface area contributed by atoms with Gasteiger partial charge in [0, 0.05) is 0 Å². The fourth-order valence-corrected chi connectivity index (χ4v) is 2.13. The Morgan fingerprint density at radius 2 is 1.95 bits per heavy atom. The number of hydrogen-bond donors (Lipinski definition) is 0. The Kier molecular flexibility index (Phi) is 4.73. The molecule has 0 heterocycles. The predicted octanol–water partition coefficient (Wildman–Crippen LogP) is 3.78. The van der Waals surface area contributed by atoms with Gasteiger partial charge in [0.05, 0.1) is 6.10 Å². The monoisotopic (exact) mass is 279 g/mol. The number of rotatable bonds is 4. The third-order valence-corrected chi connectivity index (χ3v) is 3.09. The molecule has 0 saturated carbocycles. The summed E-state index contributed by atoms with van der Waals surface area (Å²) in [6.07, 6.45) is 1.93. The fourth-order valence-electron chi connectivity index (χ4n) is 2.13. The van der Waals surface area contributed by atoms with Gasteiger partial charge in [0.25, 0.3) is 0 Å². The number of ether oxygens (including phenoxy) is 1. The number of fused-ring (bicyclic) bond motifs is 1. The van der Waals surface area contributed by atoms with E-state index in [1.165, 1.54) is 0 Å². The van der Waals surface area contributed by atoms with Crippen molar-refractivity contribution in [3.05, 3.63) is 59.7 Å². The minimum absolute atomic E-state index is 0.0524. The molecule has 0 amide bonds. The van der Waals surface area contributed by atoms with Gasteiger partial charge in [-0.25, -0.2) is 4.79 Å². The lowest BCUT2D eigenvalue weighted by atomic mass is 10.0. The van der Waals surface area contributed by atoms with E-state index in [1.54, 1.807) is 19.9 Å². The standard InChI is InChI=1S/C18H17NO2/c1-13(2)21-18(20)16(12-19)11-10-15-8-5-7-14-6-3-4-9-17(14)15/h3-9,11,13H,10H2,1-2H3. The van der Waals surface area contributed by atoms with Crippen LogP contribution < -0.4 is 0 Å². The molecule has 0 atom stereocenters. The van der Waals surface area contributed by atoms with E-state index >= 15 is 0 Å². The smallest absolute Gasteiger partial charge is 0.348 e. The minimum atomic E-state index is -0.562. The molecule has 2 rings (SSSR count). The quantitative estimate of drug-likeness (QED) is 0.486. The highest BCUT2D eigenvalue weighted by Gasteiger charge is 2.12. The Labute approximate surface area is 124 Å². The van der Waals surface area contributed by atoms with Crippen molar-refractivity contribution in [2.45, 2.75) is 26.4 Å². The summed E-state index contributed by atoms with van der Waals surface area (Å²) in [5.74, 6) is -0.562. The largest absolute Gasteiger partial charge is 0.459 e. The van der Waals surface area contributed by atoms with E-state index in [0.717, 1.165) is 16.3 Å². The number of hydrogen-bond acceptors (Lipinski definition) is 3. The van der Waals surface area contributed by atoms with Gasteiger partial charge in [0.15, 0.2) is 0 Å². The Morgan fingerprint density at radius 3 is 2.67 bits per heavy atom. The van der Waals surface area contributed by atoms with E-state index in [-0.39, 0.29) is 11.7 Å². The molecule has 0 N–H and O–H groups in total. The number of carbonyl (C=O) groups is 1. The van der Waals surface area contributed by atoms with Crippen molar-refractivity contribution < 1.29 is 9.53 Å². The van der Waals surface area contributed by atoms with Crippen molar-refractivity contribution in [3.63, 3.8) is 0 Å². The number of allylic oxidation sites excluding steroid dienone is 1. The van der Waals surface area contributed by atoms with E-state index < -0.39 is 5.97 Å². The van der Waals surface area contributed by atoms with Crippen LogP contribution in [0.25, 0.3) is 10.8 Å². The lowest BCUT2D eigenvalue weighted by Crippen LogP contribution is -2.13. The van der Waals surface area contributed by atoms with Crippen LogP contribution in [0, 0.1) is 11.3 Å². The second kappa shape index (κ2) is 6.71.